The van der Waals surface area contributed by atoms with E-state index >= 15 is 0 Å². The molecule has 0 amide bonds. The fourth-order valence-electron chi connectivity index (χ4n) is 2.13. The molecule has 0 bridgehead atoms. The molecule has 4 nitrogen and oxygen atoms in total. The molecule has 0 saturated carbocycles. The highest BCUT2D eigenvalue weighted by molar-refractivity contribution is 14.1. The zero-order chi connectivity index (χ0) is 16.3. The zero-order valence-corrected chi connectivity index (χ0v) is 14.5. The van der Waals surface area contributed by atoms with Crippen molar-refractivity contribution in [2.75, 3.05) is 0 Å². The summed E-state index contributed by atoms with van der Waals surface area (Å²) in [6.07, 6.45) is 2.20. The summed E-state index contributed by atoms with van der Waals surface area (Å²) in [5.41, 5.74) is 1.43. The van der Waals surface area contributed by atoms with E-state index in [1.54, 1.807) is 0 Å². The van der Waals surface area contributed by atoms with Gasteiger partial charge in [-0.15, -0.1) is 0 Å². The highest BCUT2D eigenvalue weighted by Gasteiger charge is 2.12. The van der Waals surface area contributed by atoms with E-state index in [0.717, 1.165) is 12.1 Å². The molecular formula is C16H15FIN3O. The van der Waals surface area contributed by atoms with E-state index in [4.69, 9.17) is 5.26 Å². The van der Waals surface area contributed by atoms with Crippen molar-refractivity contribution in [3.8, 4) is 6.07 Å². The van der Waals surface area contributed by atoms with Gasteiger partial charge in [0.05, 0.1) is 33.8 Å². The summed E-state index contributed by atoms with van der Waals surface area (Å²) in [7, 11) is 0. The van der Waals surface area contributed by atoms with E-state index in [-0.39, 0.29) is 12.1 Å². The first-order valence-corrected chi connectivity index (χ1v) is 7.92. The van der Waals surface area contributed by atoms with Gasteiger partial charge in [-0.25, -0.2) is 9.37 Å². The Balaban J connectivity index is 2.40. The monoisotopic (exact) mass is 411 g/mol. The van der Waals surface area contributed by atoms with Crippen LogP contribution in [0.25, 0.3) is 0 Å². The first kappa shape index (κ1) is 16.6. The van der Waals surface area contributed by atoms with Crippen LogP contribution in [-0.2, 0) is 13.0 Å². The molecule has 0 N–H and O–H groups in total. The summed E-state index contributed by atoms with van der Waals surface area (Å²) in [6.45, 7) is 4.26. The van der Waals surface area contributed by atoms with Crippen molar-refractivity contribution in [1.29, 1.82) is 5.26 Å². The van der Waals surface area contributed by atoms with Crippen molar-refractivity contribution in [2.45, 2.75) is 26.8 Å². The molecule has 0 aliphatic rings. The molecule has 0 aliphatic carbocycles. The summed E-state index contributed by atoms with van der Waals surface area (Å²) in [5.74, 6) is -0.0224. The molecule has 0 saturated heterocycles. The predicted molar refractivity (Wildman–Crippen MR) is 90.0 cm³/mol. The average Bonchev–Trinajstić information content (AvgIpc) is 2.47. The maximum absolute atomic E-state index is 13.4. The smallest absolute Gasteiger partial charge is 0.267 e. The van der Waals surface area contributed by atoms with Crippen LogP contribution in [0.2, 0.25) is 0 Å². The Kier molecular flexibility index (Phi) is 5.29. The molecule has 114 valence electrons. The minimum absolute atomic E-state index is 0.129. The maximum Gasteiger partial charge on any atom is 0.267 e. The molecule has 1 aromatic heterocycles. The average molecular weight is 411 g/mol. The van der Waals surface area contributed by atoms with Gasteiger partial charge < -0.3 is 0 Å². The highest BCUT2D eigenvalue weighted by Crippen LogP contribution is 2.13. The Labute approximate surface area is 141 Å². The standard InChI is InChI=1S/C16H15FIN3O/c1-10(2)5-14-15(18)16(22)21(9-20-14)8-12-6-13(17)4-3-11(12)7-19/h3-4,6,9-10H,5,8H2,1-2H3. The SMILES string of the molecule is CC(C)Cc1ncn(Cc2cc(F)ccc2C#N)c(=O)c1I. The topological polar surface area (TPSA) is 58.7 Å². The summed E-state index contributed by atoms with van der Waals surface area (Å²) in [5, 5.41) is 9.08. The van der Waals surface area contributed by atoms with E-state index in [2.05, 4.69) is 18.8 Å². The van der Waals surface area contributed by atoms with Gasteiger partial charge in [-0.05, 0) is 58.7 Å². The van der Waals surface area contributed by atoms with Crippen molar-refractivity contribution >= 4 is 22.6 Å². The van der Waals surface area contributed by atoms with Gasteiger partial charge >= 0.3 is 0 Å². The largest absolute Gasteiger partial charge is 0.294 e. The molecular weight excluding hydrogens is 396 g/mol. The molecule has 0 spiro atoms. The van der Waals surface area contributed by atoms with Gasteiger partial charge in [0, 0.05) is 0 Å². The lowest BCUT2D eigenvalue weighted by Crippen LogP contribution is -2.26. The lowest BCUT2D eigenvalue weighted by Gasteiger charge is -2.11. The molecule has 2 aromatic rings. The normalized spacial score (nSPS) is 10.7. The molecule has 6 heteroatoms. The lowest BCUT2D eigenvalue weighted by atomic mass is 10.1. The fraction of sp³-hybridized carbons (Fsp3) is 0.312. The number of aromatic nitrogens is 2. The summed E-state index contributed by atoms with van der Waals surface area (Å²) in [4.78, 5) is 16.7. The second-order valence-electron chi connectivity index (χ2n) is 5.45. The first-order valence-electron chi connectivity index (χ1n) is 6.84. The Morgan fingerprint density at radius 2 is 2.18 bits per heavy atom. The van der Waals surface area contributed by atoms with E-state index in [1.165, 1.54) is 29.1 Å². The van der Waals surface area contributed by atoms with Crippen molar-refractivity contribution in [3.63, 3.8) is 0 Å². The molecule has 22 heavy (non-hydrogen) atoms. The van der Waals surface area contributed by atoms with Crippen LogP contribution < -0.4 is 5.56 Å². The number of nitrogens with zero attached hydrogens (tertiary/aromatic N) is 3. The molecule has 0 fully saturated rings. The maximum atomic E-state index is 13.4. The van der Waals surface area contributed by atoms with Crippen molar-refractivity contribution < 1.29 is 4.39 Å². The number of benzene rings is 1. The molecule has 0 unspecified atom stereocenters. The van der Waals surface area contributed by atoms with Crippen molar-refractivity contribution in [2.24, 2.45) is 5.92 Å². The molecule has 0 aliphatic heterocycles. The van der Waals surface area contributed by atoms with Crippen LogP contribution in [-0.4, -0.2) is 9.55 Å². The number of hydrogen-bond donors (Lipinski definition) is 0. The Morgan fingerprint density at radius 1 is 1.45 bits per heavy atom. The summed E-state index contributed by atoms with van der Waals surface area (Å²) >= 11 is 2.00. The first-order chi connectivity index (χ1) is 10.4. The van der Waals surface area contributed by atoms with E-state index in [9.17, 15) is 9.18 Å². The molecule has 2 rings (SSSR count). The molecule has 1 aromatic carbocycles. The van der Waals surface area contributed by atoms with Gasteiger partial charge in [-0.2, -0.15) is 5.26 Å². The summed E-state index contributed by atoms with van der Waals surface area (Å²) < 4.78 is 15.3. The molecule has 1 heterocycles. The Hall–Kier alpha value is -1.75. The van der Waals surface area contributed by atoms with Crippen LogP contribution >= 0.6 is 22.6 Å². The van der Waals surface area contributed by atoms with E-state index < -0.39 is 5.82 Å². The van der Waals surface area contributed by atoms with Crippen molar-refractivity contribution in [3.05, 3.63) is 61.1 Å². The van der Waals surface area contributed by atoms with Crippen molar-refractivity contribution in [1.82, 2.24) is 9.55 Å². The number of rotatable bonds is 4. The Morgan fingerprint density at radius 3 is 2.82 bits per heavy atom. The second kappa shape index (κ2) is 7.01. The van der Waals surface area contributed by atoms with Gasteiger partial charge in [-0.1, -0.05) is 13.8 Å². The van der Waals surface area contributed by atoms with Crippen LogP contribution in [0.5, 0.6) is 0 Å². The van der Waals surface area contributed by atoms with Crippen LogP contribution in [0.3, 0.4) is 0 Å². The third-order valence-electron chi connectivity index (χ3n) is 3.18. The quantitative estimate of drug-likeness (QED) is 0.727. The molecule has 0 radical (unpaired) electrons. The summed E-state index contributed by atoms with van der Waals surface area (Å²) in [6, 6.07) is 5.94. The highest BCUT2D eigenvalue weighted by atomic mass is 127. The van der Waals surface area contributed by atoms with Crippen LogP contribution in [0.15, 0.2) is 29.3 Å². The fourth-order valence-corrected chi connectivity index (χ4v) is 2.79. The van der Waals surface area contributed by atoms with Gasteiger partial charge in [-0.3, -0.25) is 9.36 Å². The van der Waals surface area contributed by atoms with E-state index in [0.29, 0.717) is 20.6 Å². The zero-order valence-electron chi connectivity index (χ0n) is 12.3. The second-order valence-corrected chi connectivity index (χ2v) is 6.53. The number of nitriles is 1. The predicted octanol–water partition coefficient (Wildman–Crippen LogP) is 3.11. The number of halogens is 2. The van der Waals surface area contributed by atoms with E-state index in [1.807, 2.05) is 28.7 Å². The van der Waals surface area contributed by atoms with Gasteiger partial charge in [0.1, 0.15) is 5.82 Å². The van der Waals surface area contributed by atoms with Gasteiger partial charge in [0.2, 0.25) is 0 Å². The third kappa shape index (κ3) is 3.71. The van der Waals surface area contributed by atoms with Crippen LogP contribution in [0, 0.1) is 26.6 Å². The van der Waals surface area contributed by atoms with Crippen LogP contribution in [0.4, 0.5) is 4.39 Å². The minimum atomic E-state index is -0.430. The third-order valence-corrected chi connectivity index (χ3v) is 4.27. The Bertz CT molecular complexity index is 793. The molecule has 0 atom stereocenters. The van der Waals surface area contributed by atoms with Crippen LogP contribution in [0.1, 0.15) is 30.7 Å². The minimum Gasteiger partial charge on any atom is -0.294 e. The van der Waals surface area contributed by atoms with Gasteiger partial charge in [0.25, 0.3) is 5.56 Å². The lowest BCUT2D eigenvalue weighted by molar-refractivity contribution is 0.613. The number of hydrogen-bond acceptors (Lipinski definition) is 3. The van der Waals surface area contributed by atoms with Gasteiger partial charge in [0.15, 0.2) is 0 Å².